The van der Waals surface area contributed by atoms with Crippen LogP contribution in [0.2, 0.25) is 0 Å². The molecule has 1 heterocycles. The lowest BCUT2D eigenvalue weighted by Crippen LogP contribution is -2.07. The molecule has 1 atom stereocenters. The van der Waals surface area contributed by atoms with Crippen molar-refractivity contribution in [1.82, 2.24) is 9.97 Å². The van der Waals surface area contributed by atoms with E-state index in [0.717, 1.165) is 11.4 Å². The van der Waals surface area contributed by atoms with Crippen LogP contribution in [0.1, 0.15) is 18.7 Å². The Morgan fingerprint density at radius 1 is 1.19 bits per heavy atom. The number of nitrogen functional groups attached to an aromatic ring is 1. The summed E-state index contributed by atoms with van der Waals surface area (Å²) < 4.78 is 5.71. The van der Waals surface area contributed by atoms with Crippen LogP contribution in [0.3, 0.4) is 0 Å². The lowest BCUT2D eigenvalue weighted by molar-refractivity contribution is 0.222. The molecule has 0 aliphatic heterocycles. The molecular formula is C12H13N3O. The maximum Gasteiger partial charge on any atom is 0.220 e. The molecule has 0 aliphatic rings. The van der Waals surface area contributed by atoms with Crippen molar-refractivity contribution in [3.63, 3.8) is 0 Å². The number of nitrogens with two attached hydrogens (primary N) is 1. The van der Waals surface area contributed by atoms with Gasteiger partial charge < -0.3 is 10.5 Å². The van der Waals surface area contributed by atoms with Gasteiger partial charge in [0.15, 0.2) is 0 Å². The van der Waals surface area contributed by atoms with E-state index < -0.39 is 0 Å². The molecule has 0 unspecified atom stereocenters. The normalized spacial score (nSPS) is 12.1. The standard InChI is InChI=1S/C12H13N3O/c1-9(11-7-8-14-12(13)15-11)16-10-5-3-2-4-6-10/h2-9H,1H3,(H2,13,14,15)/t9-/m0/s1. The number of anilines is 1. The SMILES string of the molecule is C[C@H](Oc1ccccc1)c1ccnc(N)n1. The molecule has 82 valence electrons. The number of ether oxygens (including phenoxy) is 1. The molecule has 0 radical (unpaired) electrons. The number of para-hydroxylation sites is 1. The molecule has 0 spiro atoms. The van der Waals surface area contributed by atoms with E-state index >= 15 is 0 Å². The predicted molar refractivity (Wildman–Crippen MR) is 61.9 cm³/mol. The van der Waals surface area contributed by atoms with Gasteiger partial charge in [0.1, 0.15) is 11.9 Å². The summed E-state index contributed by atoms with van der Waals surface area (Å²) in [7, 11) is 0. The molecule has 2 rings (SSSR count). The first-order chi connectivity index (χ1) is 7.75. The van der Waals surface area contributed by atoms with Crippen molar-refractivity contribution in [1.29, 1.82) is 0 Å². The van der Waals surface area contributed by atoms with Gasteiger partial charge in [-0.2, -0.15) is 0 Å². The summed E-state index contributed by atoms with van der Waals surface area (Å²) >= 11 is 0. The Balaban J connectivity index is 2.12. The number of hydrogen-bond donors (Lipinski definition) is 1. The van der Waals surface area contributed by atoms with Crippen LogP contribution in [0.4, 0.5) is 5.95 Å². The van der Waals surface area contributed by atoms with Crippen molar-refractivity contribution < 1.29 is 4.74 Å². The van der Waals surface area contributed by atoms with E-state index in [1.54, 1.807) is 12.3 Å². The van der Waals surface area contributed by atoms with Gasteiger partial charge in [-0.15, -0.1) is 0 Å². The van der Waals surface area contributed by atoms with Gasteiger partial charge in [-0.3, -0.25) is 0 Å². The third-order valence-electron chi connectivity index (χ3n) is 2.17. The Labute approximate surface area is 94.1 Å². The van der Waals surface area contributed by atoms with E-state index in [1.165, 1.54) is 0 Å². The second-order valence-corrected chi connectivity index (χ2v) is 3.41. The van der Waals surface area contributed by atoms with E-state index in [2.05, 4.69) is 9.97 Å². The van der Waals surface area contributed by atoms with Gasteiger partial charge in [-0.1, -0.05) is 18.2 Å². The fourth-order valence-electron chi connectivity index (χ4n) is 1.38. The maximum absolute atomic E-state index is 5.71. The highest BCUT2D eigenvalue weighted by Crippen LogP contribution is 2.19. The molecule has 0 amide bonds. The van der Waals surface area contributed by atoms with Gasteiger partial charge in [-0.05, 0) is 25.1 Å². The third kappa shape index (κ3) is 2.48. The highest BCUT2D eigenvalue weighted by molar-refractivity contribution is 5.23. The molecule has 1 aromatic heterocycles. The average molecular weight is 215 g/mol. The van der Waals surface area contributed by atoms with Crippen molar-refractivity contribution in [3.05, 3.63) is 48.3 Å². The van der Waals surface area contributed by atoms with Crippen LogP contribution in [0.15, 0.2) is 42.6 Å². The molecule has 1 aromatic carbocycles. The molecule has 4 nitrogen and oxygen atoms in total. The van der Waals surface area contributed by atoms with Crippen molar-refractivity contribution in [2.75, 3.05) is 5.73 Å². The smallest absolute Gasteiger partial charge is 0.220 e. The van der Waals surface area contributed by atoms with E-state index in [1.807, 2.05) is 37.3 Å². The van der Waals surface area contributed by atoms with E-state index in [4.69, 9.17) is 10.5 Å². The molecular weight excluding hydrogens is 202 g/mol. The first kappa shape index (κ1) is 10.4. The lowest BCUT2D eigenvalue weighted by atomic mass is 10.2. The minimum Gasteiger partial charge on any atom is -0.484 e. The van der Waals surface area contributed by atoms with Gasteiger partial charge >= 0.3 is 0 Å². The monoisotopic (exact) mass is 215 g/mol. The van der Waals surface area contributed by atoms with Gasteiger partial charge in [0.25, 0.3) is 0 Å². The Hall–Kier alpha value is -2.10. The Morgan fingerprint density at radius 2 is 1.94 bits per heavy atom. The quantitative estimate of drug-likeness (QED) is 0.852. The van der Waals surface area contributed by atoms with Crippen LogP contribution in [-0.2, 0) is 0 Å². The third-order valence-corrected chi connectivity index (χ3v) is 2.17. The first-order valence-corrected chi connectivity index (χ1v) is 5.06. The van der Waals surface area contributed by atoms with Crippen LogP contribution in [0.5, 0.6) is 5.75 Å². The Bertz CT molecular complexity index is 459. The van der Waals surface area contributed by atoms with Crippen LogP contribution >= 0.6 is 0 Å². The van der Waals surface area contributed by atoms with E-state index in [9.17, 15) is 0 Å². The fraction of sp³-hybridized carbons (Fsp3) is 0.167. The number of aromatic nitrogens is 2. The molecule has 0 aliphatic carbocycles. The van der Waals surface area contributed by atoms with Crippen molar-refractivity contribution in [2.45, 2.75) is 13.0 Å². The van der Waals surface area contributed by atoms with Crippen molar-refractivity contribution in [2.24, 2.45) is 0 Å². The van der Waals surface area contributed by atoms with Crippen LogP contribution in [0.25, 0.3) is 0 Å². The fourth-order valence-corrected chi connectivity index (χ4v) is 1.38. The van der Waals surface area contributed by atoms with Gasteiger partial charge in [0.2, 0.25) is 5.95 Å². The highest BCUT2D eigenvalue weighted by Gasteiger charge is 2.08. The predicted octanol–water partition coefficient (Wildman–Crippen LogP) is 2.20. The molecule has 4 heteroatoms. The second-order valence-electron chi connectivity index (χ2n) is 3.41. The second kappa shape index (κ2) is 4.61. The zero-order valence-corrected chi connectivity index (χ0v) is 9.00. The van der Waals surface area contributed by atoms with Gasteiger partial charge in [-0.25, -0.2) is 9.97 Å². The molecule has 0 bridgehead atoms. The van der Waals surface area contributed by atoms with E-state index in [0.29, 0.717) is 0 Å². The zero-order chi connectivity index (χ0) is 11.4. The van der Waals surface area contributed by atoms with Crippen LogP contribution in [0, 0.1) is 0 Å². The first-order valence-electron chi connectivity index (χ1n) is 5.06. The molecule has 0 fully saturated rings. The Morgan fingerprint density at radius 3 is 2.62 bits per heavy atom. The molecule has 2 N–H and O–H groups in total. The summed E-state index contributed by atoms with van der Waals surface area (Å²) in [4.78, 5) is 7.95. The number of rotatable bonds is 3. The zero-order valence-electron chi connectivity index (χ0n) is 9.00. The van der Waals surface area contributed by atoms with Crippen molar-refractivity contribution >= 4 is 5.95 Å². The maximum atomic E-state index is 5.71. The number of nitrogens with zero attached hydrogens (tertiary/aromatic N) is 2. The number of benzene rings is 1. The van der Waals surface area contributed by atoms with Crippen LogP contribution < -0.4 is 10.5 Å². The summed E-state index contributed by atoms with van der Waals surface area (Å²) in [5.74, 6) is 1.08. The van der Waals surface area contributed by atoms with Crippen molar-refractivity contribution in [3.8, 4) is 5.75 Å². The van der Waals surface area contributed by atoms with Gasteiger partial charge in [0.05, 0.1) is 5.69 Å². The molecule has 2 aromatic rings. The molecule has 16 heavy (non-hydrogen) atoms. The van der Waals surface area contributed by atoms with Gasteiger partial charge in [0, 0.05) is 6.20 Å². The summed E-state index contributed by atoms with van der Waals surface area (Å²) in [5.41, 5.74) is 6.29. The highest BCUT2D eigenvalue weighted by atomic mass is 16.5. The number of hydrogen-bond acceptors (Lipinski definition) is 4. The Kier molecular flexibility index (Phi) is 3.00. The molecule has 0 saturated carbocycles. The summed E-state index contributed by atoms with van der Waals surface area (Å²) in [5, 5.41) is 0. The molecule has 0 saturated heterocycles. The topological polar surface area (TPSA) is 61.0 Å². The lowest BCUT2D eigenvalue weighted by Gasteiger charge is -2.13. The minimum atomic E-state index is -0.146. The summed E-state index contributed by atoms with van der Waals surface area (Å²) in [6.07, 6.45) is 1.48. The average Bonchev–Trinajstić information content (AvgIpc) is 2.30. The largest absolute Gasteiger partial charge is 0.484 e. The van der Waals surface area contributed by atoms with E-state index in [-0.39, 0.29) is 12.1 Å². The van der Waals surface area contributed by atoms with Crippen LogP contribution in [-0.4, -0.2) is 9.97 Å². The summed E-state index contributed by atoms with van der Waals surface area (Å²) in [6, 6.07) is 11.4. The summed E-state index contributed by atoms with van der Waals surface area (Å²) in [6.45, 7) is 1.93. The minimum absolute atomic E-state index is 0.146.